The molecule has 0 aliphatic carbocycles. The third kappa shape index (κ3) is 2.73. The number of benzene rings is 2. The Kier molecular flexibility index (Phi) is 3.95. The lowest BCUT2D eigenvalue weighted by atomic mass is 9.96. The van der Waals surface area contributed by atoms with E-state index in [1.807, 2.05) is 30.3 Å². The van der Waals surface area contributed by atoms with Gasteiger partial charge in [-0.2, -0.15) is 0 Å². The molecule has 0 saturated carbocycles. The second-order valence-corrected chi connectivity index (χ2v) is 6.55. The SMILES string of the molecule is O=C(O)C1CCN(C(=O)c2cc3c(ccc4ccccc43)oc2=O)CC1. The Balaban J connectivity index is 1.73. The topological polar surface area (TPSA) is 87.8 Å². The summed E-state index contributed by atoms with van der Waals surface area (Å²) in [5, 5.41) is 11.7. The number of carboxylic acids is 1. The first kappa shape index (κ1) is 16.3. The maximum atomic E-state index is 12.8. The fourth-order valence-electron chi connectivity index (χ4n) is 3.52. The Labute approximate surface area is 148 Å². The molecule has 2 heterocycles. The van der Waals surface area contributed by atoms with Crippen LogP contribution in [0.3, 0.4) is 0 Å². The highest BCUT2D eigenvalue weighted by atomic mass is 16.4. The van der Waals surface area contributed by atoms with E-state index in [1.165, 1.54) is 4.90 Å². The zero-order valence-electron chi connectivity index (χ0n) is 14.0. The lowest BCUT2D eigenvalue weighted by Crippen LogP contribution is -2.41. The molecule has 0 atom stereocenters. The van der Waals surface area contributed by atoms with Gasteiger partial charge in [0.1, 0.15) is 11.1 Å². The fourth-order valence-corrected chi connectivity index (χ4v) is 3.52. The van der Waals surface area contributed by atoms with Crippen LogP contribution >= 0.6 is 0 Å². The number of carboxylic acid groups (broad SMARTS) is 1. The maximum Gasteiger partial charge on any atom is 0.349 e. The number of hydrogen-bond donors (Lipinski definition) is 1. The zero-order chi connectivity index (χ0) is 18.3. The van der Waals surface area contributed by atoms with Crippen LogP contribution in [-0.4, -0.2) is 35.0 Å². The summed E-state index contributed by atoms with van der Waals surface area (Å²) in [6.45, 7) is 0.644. The molecule has 0 bridgehead atoms. The van der Waals surface area contributed by atoms with Crippen molar-refractivity contribution in [2.75, 3.05) is 13.1 Å². The highest BCUT2D eigenvalue weighted by Crippen LogP contribution is 2.26. The molecule has 0 spiro atoms. The number of fused-ring (bicyclic) bond motifs is 3. The van der Waals surface area contributed by atoms with E-state index < -0.39 is 23.4 Å². The van der Waals surface area contributed by atoms with E-state index in [1.54, 1.807) is 12.1 Å². The molecule has 2 aromatic carbocycles. The molecule has 6 nitrogen and oxygen atoms in total. The van der Waals surface area contributed by atoms with Crippen LogP contribution in [0.1, 0.15) is 23.2 Å². The molecule has 4 rings (SSSR count). The number of rotatable bonds is 2. The van der Waals surface area contributed by atoms with E-state index >= 15 is 0 Å². The predicted octanol–water partition coefficient (Wildman–Crippen LogP) is 2.88. The molecule has 1 aromatic heterocycles. The number of hydrogen-bond acceptors (Lipinski definition) is 4. The van der Waals surface area contributed by atoms with E-state index in [-0.39, 0.29) is 5.56 Å². The first-order valence-corrected chi connectivity index (χ1v) is 8.52. The molecule has 3 aromatic rings. The maximum absolute atomic E-state index is 12.8. The van der Waals surface area contributed by atoms with Gasteiger partial charge in [-0.3, -0.25) is 9.59 Å². The van der Waals surface area contributed by atoms with Crippen LogP contribution < -0.4 is 5.63 Å². The standard InChI is InChI=1S/C20H17NO5/c22-18(21-9-7-13(8-10-21)19(23)24)16-11-15-14-4-2-1-3-12(14)5-6-17(15)26-20(16)25/h1-6,11,13H,7-10H2,(H,23,24). The van der Waals surface area contributed by atoms with E-state index in [2.05, 4.69) is 0 Å². The summed E-state index contributed by atoms with van der Waals surface area (Å²) in [6, 6.07) is 12.9. The summed E-state index contributed by atoms with van der Waals surface area (Å²) in [5.74, 6) is -1.68. The van der Waals surface area contributed by atoms with Crippen LogP contribution in [0.2, 0.25) is 0 Å². The summed E-state index contributed by atoms with van der Waals surface area (Å²) in [7, 11) is 0. The molecule has 0 unspecified atom stereocenters. The largest absolute Gasteiger partial charge is 0.481 e. The summed E-state index contributed by atoms with van der Waals surface area (Å²) in [4.78, 5) is 37.7. The quantitative estimate of drug-likeness (QED) is 0.566. The van der Waals surface area contributed by atoms with Gasteiger partial charge in [0.2, 0.25) is 0 Å². The molecule has 1 aliphatic rings. The van der Waals surface area contributed by atoms with Gasteiger partial charge in [-0.15, -0.1) is 0 Å². The Morgan fingerprint density at radius 3 is 2.50 bits per heavy atom. The van der Waals surface area contributed by atoms with Crippen molar-refractivity contribution in [3.05, 3.63) is 58.4 Å². The number of carbonyl (C=O) groups is 2. The van der Waals surface area contributed by atoms with Crippen molar-refractivity contribution in [2.24, 2.45) is 5.92 Å². The second kappa shape index (κ2) is 6.29. The van der Waals surface area contributed by atoms with Crippen LogP contribution in [0, 0.1) is 5.92 Å². The Hall–Kier alpha value is -3.15. The monoisotopic (exact) mass is 351 g/mol. The van der Waals surface area contributed by atoms with Crippen molar-refractivity contribution in [1.82, 2.24) is 4.90 Å². The van der Waals surface area contributed by atoms with Crippen molar-refractivity contribution < 1.29 is 19.1 Å². The summed E-state index contributed by atoms with van der Waals surface area (Å²) >= 11 is 0. The Morgan fingerprint density at radius 1 is 1.04 bits per heavy atom. The molecule has 1 saturated heterocycles. The van der Waals surface area contributed by atoms with Crippen molar-refractivity contribution in [1.29, 1.82) is 0 Å². The Bertz CT molecular complexity index is 1080. The highest BCUT2D eigenvalue weighted by molar-refractivity contribution is 6.07. The van der Waals surface area contributed by atoms with Gasteiger partial charge in [0, 0.05) is 18.5 Å². The van der Waals surface area contributed by atoms with Gasteiger partial charge < -0.3 is 14.4 Å². The van der Waals surface area contributed by atoms with Crippen molar-refractivity contribution in [3.8, 4) is 0 Å². The third-order valence-electron chi connectivity index (χ3n) is 5.00. The van der Waals surface area contributed by atoms with E-state index in [9.17, 15) is 14.4 Å². The molecule has 1 N–H and O–H groups in total. The fraction of sp³-hybridized carbons (Fsp3) is 0.250. The first-order chi connectivity index (χ1) is 12.5. The van der Waals surface area contributed by atoms with Crippen LogP contribution in [0.25, 0.3) is 21.7 Å². The summed E-state index contributed by atoms with van der Waals surface area (Å²) < 4.78 is 5.38. The van der Waals surface area contributed by atoms with Gasteiger partial charge in [0.05, 0.1) is 5.92 Å². The average molecular weight is 351 g/mol. The molecule has 26 heavy (non-hydrogen) atoms. The van der Waals surface area contributed by atoms with Gasteiger partial charge in [0.25, 0.3) is 5.91 Å². The molecule has 0 radical (unpaired) electrons. The number of likely N-dealkylation sites (tertiary alicyclic amines) is 1. The first-order valence-electron chi connectivity index (χ1n) is 8.52. The normalized spacial score (nSPS) is 15.5. The number of amides is 1. The van der Waals surface area contributed by atoms with Gasteiger partial charge in [-0.25, -0.2) is 4.79 Å². The molecule has 6 heteroatoms. The van der Waals surface area contributed by atoms with Crippen LogP contribution in [0.5, 0.6) is 0 Å². The van der Waals surface area contributed by atoms with Crippen LogP contribution in [0.15, 0.2) is 51.7 Å². The molecular weight excluding hydrogens is 334 g/mol. The van der Waals surface area contributed by atoms with E-state index in [4.69, 9.17) is 9.52 Å². The zero-order valence-corrected chi connectivity index (χ0v) is 14.0. The van der Waals surface area contributed by atoms with E-state index in [0.717, 1.165) is 10.8 Å². The minimum absolute atomic E-state index is 0.0115. The molecule has 132 valence electrons. The lowest BCUT2D eigenvalue weighted by Gasteiger charge is -2.29. The number of aliphatic carboxylic acids is 1. The molecule has 1 fully saturated rings. The third-order valence-corrected chi connectivity index (χ3v) is 5.00. The molecule has 1 aliphatic heterocycles. The number of piperidine rings is 1. The average Bonchev–Trinajstić information content (AvgIpc) is 2.67. The second-order valence-electron chi connectivity index (χ2n) is 6.55. The molecular formula is C20H17NO5. The highest BCUT2D eigenvalue weighted by Gasteiger charge is 2.29. The van der Waals surface area contributed by atoms with Gasteiger partial charge in [-0.05, 0) is 35.7 Å². The minimum atomic E-state index is -0.839. The van der Waals surface area contributed by atoms with Crippen molar-refractivity contribution in [3.63, 3.8) is 0 Å². The van der Waals surface area contributed by atoms with Crippen LogP contribution in [-0.2, 0) is 4.79 Å². The summed E-state index contributed by atoms with van der Waals surface area (Å²) in [5.41, 5.74) is -0.240. The van der Waals surface area contributed by atoms with Crippen molar-refractivity contribution in [2.45, 2.75) is 12.8 Å². The van der Waals surface area contributed by atoms with Gasteiger partial charge in [0.15, 0.2) is 0 Å². The van der Waals surface area contributed by atoms with Gasteiger partial charge >= 0.3 is 11.6 Å². The Morgan fingerprint density at radius 2 is 1.77 bits per heavy atom. The smallest absolute Gasteiger partial charge is 0.349 e. The van der Waals surface area contributed by atoms with Crippen molar-refractivity contribution >= 4 is 33.6 Å². The lowest BCUT2D eigenvalue weighted by molar-refractivity contribution is -0.143. The van der Waals surface area contributed by atoms with Crippen LogP contribution in [0.4, 0.5) is 0 Å². The number of nitrogens with zero attached hydrogens (tertiary/aromatic N) is 1. The van der Waals surface area contributed by atoms with E-state index in [0.29, 0.717) is 36.9 Å². The predicted molar refractivity (Wildman–Crippen MR) is 96.3 cm³/mol. The summed E-state index contributed by atoms with van der Waals surface area (Å²) in [6.07, 6.45) is 0.784. The molecule has 1 amide bonds. The van der Waals surface area contributed by atoms with Gasteiger partial charge in [-0.1, -0.05) is 30.3 Å². The minimum Gasteiger partial charge on any atom is -0.481 e. The number of carbonyl (C=O) groups excluding carboxylic acids is 1.